The Bertz CT molecular complexity index is 673. The van der Waals surface area contributed by atoms with Crippen LogP contribution in [0.4, 0.5) is 15.8 Å². The van der Waals surface area contributed by atoms with Gasteiger partial charge in [-0.25, -0.2) is 4.39 Å². The fraction of sp³-hybridized carbons (Fsp3) is 0.188. The zero-order valence-corrected chi connectivity index (χ0v) is 14.0. The molecule has 21 heavy (non-hydrogen) atoms. The molecule has 2 N–H and O–H groups in total. The van der Waals surface area contributed by atoms with E-state index in [2.05, 4.69) is 33.2 Å². The topological polar surface area (TPSA) is 41.1 Å². The summed E-state index contributed by atoms with van der Waals surface area (Å²) in [5, 5.41) is 5.87. The lowest BCUT2D eigenvalue weighted by Crippen LogP contribution is -2.23. The van der Waals surface area contributed by atoms with Crippen molar-refractivity contribution in [1.82, 2.24) is 5.32 Å². The smallest absolute Gasteiger partial charge is 0.253 e. The number of anilines is 2. The van der Waals surface area contributed by atoms with Crippen molar-refractivity contribution in [3.8, 4) is 0 Å². The number of carbonyl (C=O) groups is 1. The van der Waals surface area contributed by atoms with E-state index in [-0.39, 0.29) is 11.7 Å². The average Bonchev–Trinajstić information content (AvgIpc) is 2.42. The van der Waals surface area contributed by atoms with Gasteiger partial charge in [-0.1, -0.05) is 0 Å². The molecule has 1 amide bonds. The minimum absolute atomic E-state index is 0.219. The van der Waals surface area contributed by atoms with E-state index >= 15 is 0 Å². The van der Waals surface area contributed by atoms with Gasteiger partial charge in [0.25, 0.3) is 5.91 Å². The summed E-state index contributed by atoms with van der Waals surface area (Å²) in [5.74, 6) is -0.600. The molecule has 2 rings (SSSR count). The zero-order valence-electron chi connectivity index (χ0n) is 11.8. The van der Waals surface area contributed by atoms with E-state index < -0.39 is 0 Å². The zero-order chi connectivity index (χ0) is 15.4. The van der Waals surface area contributed by atoms with Gasteiger partial charge in [-0.05, 0) is 78.4 Å². The first kappa shape index (κ1) is 15.8. The monoisotopic (exact) mass is 398 g/mol. The Hall–Kier alpha value is -1.63. The highest BCUT2D eigenvalue weighted by Gasteiger charge is 2.12. The molecule has 0 aliphatic rings. The normalized spacial score (nSPS) is 10.3. The fourth-order valence-electron chi connectivity index (χ4n) is 1.99. The lowest BCUT2D eigenvalue weighted by atomic mass is 10.1. The standard InChI is InChI=1S/C16H16FIN2O/c1-3-19-16(21)13-6-4-11(17)9-15(13)20-14-7-5-12(18)8-10(14)2/h4-9,20H,3H2,1-2H3,(H,19,21). The van der Waals surface area contributed by atoms with Crippen molar-refractivity contribution in [2.45, 2.75) is 13.8 Å². The van der Waals surface area contributed by atoms with E-state index in [1.165, 1.54) is 18.2 Å². The molecule has 0 fully saturated rings. The number of aryl methyl sites for hydroxylation is 1. The summed E-state index contributed by atoms with van der Waals surface area (Å²) in [6.45, 7) is 4.34. The summed E-state index contributed by atoms with van der Waals surface area (Å²) in [4.78, 5) is 12.0. The molecule has 0 saturated carbocycles. The minimum Gasteiger partial charge on any atom is -0.355 e. The van der Waals surface area contributed by atoms with Gasteiger partial charge in [0.15, 0.2) is 0 Å². The second-order valence-electron chi connectivity index (χ2n) is 4.63. The maximum absolute atomic E-state index is 13.5. The van der Waals surface area contributed by atoms with Crippen LogP contribution in [0.2, 0.25) is 0 Å². The second-order valence-corrected chi connectivity index (χ2v) is 5.88. The number of halogens is 2. The quantitative estimate of drug-likeness (QED) is 0.757. The van der Waals surface area contributed by atoms with E-state index in [0.29, 0.717) is 17.8 Å². The molecule has 0 atom stereocenters. The van der Waals surface area contributed by atoms with Crippen LogP contribution < -0.4 is 10.6 Å². The number of nitrogens with one attached hydrogen (secondary N) is 2. The van der Waals surface area contributed by atoms with Crippen LogP contribution in [-0.4, -0.2) is 12.5 Å². The first-order chi connectivity index (χ1) is 10.0. The van der Waals surface area contributed by atoms with Gasteiger partial charge in [-0.2, -0.15) is 0 Å². The number of benzene rings is 2. The molecule has 0 heterocycles. The number of hydrogen-bond acceptors (Lipinski definition) is 2. The minimum atomic E-state index is -0.381. The summed E-state index contributed by atoms with van der Waals surface area (Å²) < 4.78 is 14.6. The van der Waals surface area contributed by atoms with E-state index in [1.54, 1.807) is 0 Å². The van der Waals surface area contributed by atoms with Crippen molar-refractivity contribution >= 4 is 39.9 Å². The van der Waals surface area contributed by atoms with Gasteiger partial charge in [-0.15, -0.1) is 0 Å². The Labute approximate surface area is 137 Å². The third-order valence-corrected chi connectivity index (χ3v) is 3.69. The van der Waals surface area contributed by atoms with Crippen LogP contribution in [-0.2, 0) is 0 Å². The van der Waals surface area contributed by atoms with Gasteiger partial charge in [0, 0.05) is 15.8 Å². The highest BCUT2D eigenvalue weighted by atomic mass is 127. The summed E-state index contributed by atoms with van der Waals surface area (Å²) in [7, 11) is 0. The molecule has 0 saturated heterocycles. The highest BCUT2D eigenvalue weighted by Crippen LogP contribution is 2.25. The van der Waals surface area contributed by atoms with Crippen molar-refractivity contribution in [2.24, 2.45) is 0 Å². The molecule has 0 bridgehead atoms. The van der Waals surface area contributed by atoms with Crippen LogP contribution in [0.25, 0.3) is 0 Å². The predicted molar refractivity (Wildman–Crippen MR) is 91.6 cm³/mol. The van der Waals surface area contributed by atoms with E-state index in [1.807, 2.05) is 32.0 Å². The van der Waals surface area contributed by atoms with Gasteiger partial charge in [0.2, 0.25) is 0 Å². The van der Waals surface area contributed by atoms with E-state index in [4.69, 9.17) is 0 Å². The largest absolute Gasteiger partial charge is 0.355 e. The molecule has 0 unspecified atom stereocenters. The van der Waals surface area contributed by atoms with Crippen LogP contribution >= 0.6 is 22.6 Å². The Kier molecular flexibility index (Phi) is 5.17. The Morgan fingerprint density at radius 1 is 1.19 bits per heavy atom. The lowest BCUT2D eigenvalue weighted by Gasteiger charge is -2.14. The number of hydrogen-bond donors (Lipinski definition) is 2. The summed E-state index contributed by atoms with van der Waals surface area (Å²) in [5.41, 5.74) is 2.78. The van der Waals surface area contributed by atoms with Crippen molar-refractivity contribution < 1.29 is 9.18 Å². The summed E-state index contributed by atoms with van der Waals surface area (Å²) in [6.07, 6.45) is 0. The molecule has 2 aromatic rings. The van der Waals surface area contributed by atoms with Gasteiger partial charge in [0.05, 0.1) is 11.3 Å². The van der Waals surface area contributed by atoms with Crippen LogP contribution in [0.15, 0.2) is 36.4 Å². The van der Waals surface area contributed by atoms with Crippen LogP contribution in [0, 0.1) is 16.3 Å². The maximum Gasteiger partial charge on any atom is 0.253 e. The molecule has 110 valence electrons. The van der Waals surface area contributed by atoms with E-state index in [0.717, 1.165) is 14.8 Å². The predicted octanol–water partition coefficient (Wildman–Crippen LogP) is 4.23. The third-order valence-electron chi connectivity index (χ3n) is 3.02. The van der Waals surface area contributed by atoms with E-state index in [9.17, 15) is 9.18 Å². The Morgan fingerprint density at radius 2 is 1.95 bits per heavy atom. The van der Waals surface area contributed by atoms with Gasteiger partial charge in [-0.3, -0.25) is 4.79 Å². The molecular weight excluding hydrogens is 382 g/mol. The van der Waals surface area contributed by atoms with Crippen LogP contribution in [0.3, 0.4) is 0 Å². The van der Waals surface area contributed by atoms with Crippen LogP contribution in [0.1, 0.15) is 22.8 Å². The van der Waals surface area contributed by atoms with Crippen molar-refractivity contribution in [1.29, 1.82) is 0 Å². The lowest BCUT2D eigenvalue weighted by molar-refractivity contribution is 0.0956. The summed E-state index contributed by atoms with van der Waals surface area (Å²) in [6, 6.07) is 10.0. The molecule has 0 aliphatic carbocycles. The van der Waals surface area contributed by atoms with Crippen LogP contribution in [0.5, 0.6) is 0 Å². The molecule has 5 heteroatoms. The number of amides is 1. The molecular formula is C16H16FIN2O. The number of rotatable bonds is 4. The molecule has 3 nitrogen and oxygen atoms in total. The third kappa shape index (κ3) is 3.93. The SMILES string of the molecule is CCNC(=O)c1ccc(F)cc1Nc1ccc(I)cc1C. The van der Waals surface area contributed by atoms with Crippen molar-refractivity contribution in [3.63, 3.8) is 0 Å². The second kappa shape index (κ2) is 6.89. The average molecular weight is 398 g/mol. The van der Waals surface area contributed by atoms with Crippen molar-refractivity contribution in [3.05, 3.63) is 56.9 Å². The summed E-state index contributed by atoms with van der Waals surface area (Å²) >= 11 is 2.23. The first-order valence-corrected chi connectivity index (χ1v) is 7.70. The molecule has 2 aromatic carbocycles. The van der Waals surface area contributed by atoms with Gasteiger partial charge < -0.3 is 10.6 Å². The molecule has 0 aromatic heterocycles. The van der Waals surface area contributed by atoms with Crippen molar-refractivity contribution in [2.75, 3.05) is 11.9 Å². The fourth-order valence-corrected chi connectivity index (χ4v) is 2.63. The first-order valence-electron chi connectivity index (χ1n) is 6.62. The highest BCUT2D eigenvalue weighted by molar-refractivity contribution is 14.1. The molecule has 0 aliphatic heterocycles. The number of carbonyl (C=O) groups excluding carboxylic acids is 1. The maximum atomic E-state index is 13.5. The molecule has 0 radical (unpaired) electrons. The Morgan fingerprint density at radius 3 is 2.62 bits per heavy atom. The van der Waals surface area contributed by atoms with Gasteiger partial charge in [0.1, 0.15) is 5.82 Å². The van der Waals surface area contributed by atoms with Gasteiger partial charge >= 0.3 is 0 Å². The molecule has 0 spiro atoms. The Balaban J connectivity index is 2.38.